The molecule has 0 aliphatic rings. The maximum atomic E-state index is 5.93. The minimum Gasteiger partial charge on any atom is -0.497 e. The van der Waals surface area contributed by atoms with Gasteiger partial charge >= 0.3 is 0 Å². The number of rotatable bonds is 14. The van der Waals surface area contributed by atoms with E-state index in [-0.39, 0.29) is 0 Å². The van der Waals surface area contributed by atoms with Crippen LogP contribution in [-0.4, -0.2) is 59.5 Å². The molecule has 0 saturated carbocycles. The molecule has 0 saturated heterocycles. The molecule has 2 aromatic carbocycles. The summed E-state index contributed by atoms with van der Waals surface area (Å²) in [5.74, 6) is 2.77. The van der Waals surface area contributed by atoms with Crippen LogP contribution >= 0.6 is 11.6 Å². The molecule has 0 spiro atoms. The van der Waals surface area contributed by atoms with Crippen molar-refractivity contribution in [3.05, 3.63) is 55.0 Å². The van der Waals surface area contributed by atoms with Crippen molar-refractivity contribution in [2.24, 2.45) is 13.0 Å². The number of halogens is 1. The van der Waals surface area contributed by atoms with Crippen LogP contribution in [0.3, 0.4) is 0 Å². The summed E-state index contributed by atoms with van der Waals surface area (Å²) in [6, 6.07) is 12.2. The number of nitrogens with zero attached hydrogens (tertiary/aromatic N) is 5. The highest BCUT2D eigenvalue weighted by Crippen LogP contribution is 2.34. The van der Waals surface area contributed by atoms with E-state index in [4.69, 9.17) is 26.1 Å². The maximum Gasteiger partial charge on any atom is 0.124 e. The Morgan fingerprint density at radius 3 is 2.42 bits per heavy atom. The smallest absolute Gasteiger partial charge is 0.124 e. The quantitative estimate of drug-likeness (QED) is 0.161. The molecule has 38 heavy (non-hydrogen) atoms. The lowest BCUT2D eigenvalue weighted by Crippen LogP contribution is -2.24. The van der Waals surface area contributed by atoms with Crippen molar-refractivity contribution in [1.29, 1.82) is 0 Å². The van der Waals surface area contributed by atoms with Gasteiger partial charge in [0.25, 0.3) is 0 Å². The first kappa shape index (κ1) is 27.7. The molecule has 4 aromatic rings. The zero-order chi connectivity index (χ0) is 26.9. The summed E-state index contributed by atoms with van der Waals surface area (Å²) in [4.78, 5) is 11.8. The summed E-state index contributed by atoms with van der Waals surface area (Å²) in [6.45, 7) is 4.92. The maximum absolute atomic E-state index is 5.93. The number of hydrogen-bond donors (Lipinski definition) is 1. The minimum atomic E-state index is 0.562. The molecule has 4 rings (SSSR count). The van der Waals surface area contributed by atoms with E-state index in [9.17, 15) is 0 Å². The number of anilines is 2. The number of nitrogens with one attached hydrogen (secondary N) is 1. The highest BCUT2D eigenvalue weighted by Gasteiger charge is 2.14. The Morgan fingerprint density at radius 2 is 1.74 bits per heavy atom. The van der Waals surface area contributed by atoms with E-state index in [0.717, 1.165) is 89.9 Å². The van der Waals surface area contributed by atoms with Crippen LogP contribution in [0.5, 0.6) is 11.5 Å². The average Bonchev–Trinajstić information content (AvgIpc) is 3.39. The fraction of sp³-hybridized carbons (Fsp3) is 0.414. The third kappa shape index (κ3) is 7.14. The van der Waals surface area contributed by atoms with Gasteiger partial charge in [-0.25, -0.2) is 4.98 Å². The second-order valence-corrected chi connectivity index (χ2v) is 9.87. The highest BCUT2D eigenvalue weighted by molar-refractivity contribution is 6.18. The normalized spacial score (nSPS) is 12.0. The van der Waals surface area contributed by atoms with E-state index >= 15 is 0 Å². The van der Waals surface area contributed by atoms with Crippen LogP contribution in [0.25, 0.3) is 22.3 Å². The van der Waals surface area contributed by atoms with E-state index in [1.165, 1.54) is 0 Å². The number of alkyl halides is 1. The number of hydrogen-bond acceptors (Lipinski definition) is 7. The van der Waals surface area contributed by atoms with Gasteiger partial charge in [-0.3, -0.25) is 9.67 Å². The molecule has 1 N–H and O–H groups in total. The van der Waals surface area contributed by atoms with E-state index in [1.54, 1.807) is 31.3 Å². The summed E-state index contributed by atoms with van der Waals surface area (Å²) in [6.07, 6.45) is 8.78. The summed E-state index contributed by atoms with van der Waals surface area (Å²) in [7, 11) is 5.23. The van der Waals surface area contributed by atoms with Gasteiger partial charge in [-0.1, -0.05) is 6.92 Å². The van der Waals surface area contributed by atoms with Crippen molar-refractivity contribution >= 4 is 34.0 Å². The lowest BCUT2D eigenvalue weighted by molar-refractivity contribution is 0.394. The first-order valence-corrected chi connectivity index (χ1v) is 13.6. The van der Waals surface area contributed by atoms with Gasteiger partial charge in [-0.05, 0) is 56.5 Å². The van der Waals surface area contributed by atoms with Crippen LogP contribution in [0.2, 0.25) is 0 Å². The number of fused-ring (bicyclic) bond motifs is 1. The van der Waals surface area contributed by atoms with E-state index in [0.29, 0.717) is 5.92 Å². The van der Waals surface area contributed by atoms with Crippen molar-refractivity contribution in [2.45, 2.75) is 26.2 Å². The van der Waals surface area contributed by atoms with Gasteiger partial charge in [-0.2, -0.15) is 5.10 Å². The van der Waals surface area contributed by atoms with Crippen molar-refractivity contribution in [2.75, 3.05) is 44.6 Å². The van der Waals surface area contributed by atoms with Crippen molar-refractivity contribution in [1.82, 2.24) is 25.1 Å². The number of aromatic nitrogens is 4. The molecule has 0 amide bonds. The molecule has 1 atom stereocenters. The zero-order valence-electron chi connectivity index (χ0n) is 22.7. The Bertz CT molecular complexity index is 1310. The third-order valence-corrected chi connectivity index (χ3v) is 7.06. The monoisotopic (exact) mass is 536 g/mol. The molecule has 2 heterocycles. The highest BCUT2D eigenvalue weighted by atomic mass is 35.5. The molecule has 8 nitrogen and oxygen atoms in total. The van der Waals surface area contributed by atoms with Crippen LogP contribution < -0.4 is 19.7 Å². The van der Waals surface area contributed by atoms with E-state index in [1.807, 2.05) is 37.5 Å². The SMILES string of the molecule is COc1cc(OC)cc(N(CCCNCCCC(C)CCl)c2ccc3ncc(-c4cnn(C)c4)nc3c2)c1. The van der Waals surface area contributed by atoms with Gasteiger partial charge in [0.2, 0.25) is 0 Å². The fourth-order valence-electron chi connectivity index (χ4n) is 4.36. The Morgan fingerprint density at radius 1 is 0.974 bits per heavy atom. The molecule has 0 aliphatic carbocycles. The summed E-state index contributed by atoms with van der Waals surface area (Å²) in [5, 5.41) is 7.85. The lowest BCUT2D eigenvalue weighted by atomic mass is 10.1. The predicted octanol–water partition coefficient (Wildman–Crippen LogP) is 5.82. The number of aryl methyl sites for hydroxylation is 1. The molecule has 0 bridgehead atoms. The fourth-order valence-corrected chi connectivity index (χ4v) is 4.51. The predicted molar refractivity (Wildman–Crippen MR) is 155 cm³/mol. The van der Waals surface area contributed by atoms with Gasteiger partial charge in [0, 0.05) is 60.8 Å². The van der Waals surface area contributed by atoms with Crippen LogP contribution in [0.15, 0.2) is 55.0 Å². The largest absolute Gasteiger partial charge is 0.497 e. The van der Waals surface area contributed by atoms with Gasteiger partial charge in [0.1, 0.15) is 11.5 Å². The van der Waals surface area contributed by atoms with Gasteiger partial charge < -0.3 is 19.7 Å². The topological polar surface area (TPSA) is 77.3 Å². The first-order valence-electron chi connectivity index (χ1n) is 13.0. The molecule has 0 fully saturated rings. The van der Waals surface area contributed by atoms with Gasteiger partial charge in [0.15, 0.2) is 0 Å². The molecular weight excluding hydrogens is 500 g/mol. The molecule has 2 aromatic heterocycles. The summed E-state index contributed by atoms with van der Waals surface area (Å²) in [5.41, 5.74) is 5.43. The average molecular weight is 537 g/mol. The standard InChI is InChI=1S/C29H37ClN6O2/c1-21(17-30)7-5-10-31-11-6-12-36(24-13-25(37-3)16-26(14-24)38-4)23-8-9-27-28(15-23)34-29(19-32-27)22-18-33-35(2)20-22/h8-9,13-16,18-21,31H,5-7,10-12,17H2,1-4H3. The molecule has 0 radical (unpaired) electrons. The Kier molecular flexibility index (Phi) is 9.79. The van der Waals surface area contributed by atoms with Crippen LogP contribution in [0.1, 0.15) is 26.2 Å². The lowest BCUT2D eigenvalue weighted by Gasteiger charge is -2.26. The van der Waals surface area contributed by atoms with Crippen molar-refractivity contribution in [3.8, 4) is 22.8 Å². The molecule has 0 aliphatic heterocycles. The number of methoxy groups -OCH3 is 2. The molecule has 9 heteroatoms. The molecule has 202 valence electrons. The Balaban J connectivity index is 1.57. The Hall–Kier alpha value is -3.36. The van der Waals surface area contributed by atoms with Crippen molar-refractivity contribution < 1.29 is 9.47 Å². The molecular formula is C29H37ClN6O2. The first-order chi connectivity index (χ1) is 18.5. The van der Waals surface area contributed by atoms with Crippen LogP contribution in [0, 0.1) is 5.92 Å². The zero-order valence-corrected chi connectivity index (χ0v) is 23.4. The van der Waals surface area contributed by atoms with E-state index in [2.05, 4.69) is 39.4 Å². The third-order valence-electron chi connectivity index (χ3n) is 6.54. The second-order valence-electron chi connectivity index (χ2n) is 9.56. The van der Waals surface area contributed by atoms with Gasteiger partial charge in [-0.15, -0.1) is 11.6 Å². The molecule has 1 unspecified atom stereocenters. The van der Waals surface area contributed by atoms with Crippen molar-refractivity contribution in [3.63, 3.8) is 0 Å². The second kappa shape index (κ2) is 13.4. The Labute approximate surface area is 229 Å². The van der Waals surface area contributed by atoms with Crippen LogP contribution in [-0.2, 0) is 7.05 Å². The number of benzene rings is 2. The number of ether oxygens (including phenoxy) is 2. The summed E-state index contributed by atoms with van der Waals surface area (Å²) < 4.78 is 12.9. The van der Waals surface area contributed by atoms with Gasteiger partial charge in [0.05, 0.1) is 43.3 Å². The minimum absolute atomic E-state index is 0.562. The van der Waals surface area contributed by atoms with E-state index < -0.39 is 0 Å². The van der Waals surface area contributed by atoms with Crippen LogP contribution in [0.4, 0.5) is 11.4 Å². The summed E-state index contributed by atoms with van der Waals surface area (Å²) >= 11 is 5.93.